The van der Waals surface area contributed by atoms with Crippen molar-refractivity contribution in [1.82, 2.24) is 10.2 Å². The summed E-state index contributed by atoms with van der Waals surface area (Å²) in [6.07, 6.45) is 7.30. The Bertz CT molecular complexity index is 543. The molecule has 2 saturated heterocycles. The number of unbranched alkanes of at least 4 members (excludes halogenated alkanes) is 2. The first-order chi connectivity index (χ1) is 12.3. The Morgan fingerprint density at radius 3 is 2.77 bits per heavy atom. The zero-order valence-electron chi connectivity index (χ0n) is 16.1. The lowest BCUT2D eigenvalue weighted by molar-refractivity contribution is 0.156. The van der Waals surface area contributed by atoms with E-state index in [0.717, 1.165) is 45.4 Å². The highest BCUT2D eigenvalue weighted by Gasteiger charge is 2.42. The molecule has 1 atom stereocenters. The van der Waals surface area contributed by atoms with Crippen LogP contribution in [-0.4, -0.2) is 50.3 Å². The first kappa shape index (κ1) is 21.5. The van der Waals surface area contributed by atoms with Gasteiger partial charge in [0.1, 0.15) is 0 Å². The second-order valence-corrected chi connectivity index (χ2v) is 7.51. The van der Waals surface area contributed by atoms with Crippen LogP contribution in [0, 0.1) is 5.41 Å². The first-order valence-electron chi connectivity index (χ1n) is 9.96. The van der Waals surface area contributed by atoms with Crippen LogP contribution in [0.1, 0.15) is 44.6 Å². The van der Waals surface area contributed by atoms with Crippen molar-refractivity contribution in [2.75, 3.05) is 39.4 Å². The van der Waals surface area contributed by atoms with E-state index in [4.69, 9.17) is 9.73 Å². The maximum absolute atomic E-state index is 5.65. The predicted molar refractivity (Wildman–Crippen MR) is 119 cm³/mol. The molecule has 2 aliphatic heterocycles. The quantitative estimate of drug-likeness (QED) is 0.282. The van der Waals surface area contributed by atoms with Gasteiger partial charge in [-0.3, -0.25) is 4.99 Å². The topological polar surface area (TPSA) is 36.9 Å². The van der Waals surface area contributed by atoms with Gasteiger partial charge in [0.05, 0.1) is 6.61 Å². The zero-order valence-corrected chi connectivity index (χ0v) is 18.4. The summed E-state index contributed by atoms with van der Waals surface area (Å²) >= 11 is 0. The third kappa shape index (κ3) is 6.12. The van der Waals surface area contributed by atoms with Gasteiger partial charge >= 0.3 is 0 Å². The van der Waals surface area contributed by atoms with Crippen LogP contribution >= 0.6 is 24.0 Å². The molecule has 0 bridgehead atoms. The van der Waals surface area contributed by atoms with Crippen LogP contribution < -0.4 is 5.32 Å². The van der Waals surface area contributed by atoms with Crippen LogP contribution in [0.2, 0.25) is 0 Å². The number of aliphatic imine (C=N–C) groups is 1. The molecule has 3 rings (SSSR count). The van der Waals surface area contributed by atoms with Gasteiger partial charge in [0.2, 0.25) is 0 Å². The molecule has 2 heterocycles. The number of ether oxygens (including phenoxy) is 1. The number of hydrogen-bond acceptors (Lipinski definition) is 2. The van der Waals surface area contributed by atoms with Crippen molar-refractivity contribution in [3.8, 4) is 0 Å². The summed E-state index contributed by atoms with van der Waals surface area (Å²) in [4.78, 5) is 7.33. The fraction of sp³-hybridized carbons (Fsp3) is 0.667. The number of hydrogen-bond donors (Lipinski definition) is 1. The number of nitrogens with one attached hydrogen (secondary N) is 1. The minimum Gasteiger partial charge on any atom is -0.381 e. The normalized spacial score (nSPS) is 22.7. The number of halogens is 1. The molecule has 1 aromatic rings. The van der Waals surface area contributed by atoms with Gasteiger partial charge in [-0.25, -0.2) is 0 Å². The molecule has 0 saturated carbocycles. The minimum atomic E-state index is 0. The van der Waals surface area contributed by atoms with Crippen molar-refractivity contribution < 1.29 is 4.74 Å². The lowest BCUT2D eigenvalue weighted by atomic mass is 9.87. The summed E-state index contributed by atoms with van der Waals surface area (Å²) in [5.74, 6) is 1.11. The average molecular weight is 471 g/mol. The second kappa shape index (κ2) is 11.1. The Labute approximate surface area is 175 Å². The SMILES string of the molecule is CCNC(=NCCCCCc1ccccc1)N1CCC2(CCOC2)C1.I. The van der Waals surface area contributed by atoms with Gasteiger partial charge in [-0.1, -0.05) is 36.8 Å². The van der Waals surface area contributed by atoms with E-state index in [9.17, 15) is 0 Å². The van der Waals surface area contributed by atoms with Gasteiger partial charge in [-0.05, 0) is 44.6 Å². The van der Waals surface area contributed by atoms with Crippen LogP contribution in [0.5, 0.6) is 0 Å². The molecule has 146 valence electrons. The summed E-state index contributed by atoms with van der Waals surface area (Å²) < 4.78 is 5.65. The van der Waals surface area contributed by atoms with Crippen LogP contribution in [0.25, 0.3) is 0 Å². The van der Waals surface area contributed by atoms with E-state index in [0.29, 0.717) is 5.41 Å². The Balaban J connectivity index is 0.00000243. The van der Waals surface area contributed by atoms with Gasteiger partial charge in [0.25, 0.3) is 0 Å². The molecule has 26 heavy (non-hydrogen) atoms. The van der Waals surface area contributed by atoms with Gasteiger partial charge in [-0.2, -0.15) is 0 Å². The van der Waals surface area contributed by atoms with Crippen molar-refractivity contribution in [3.63, 3.8) is 0 Å². The number of benzene rings is 1. The molecule has 0 amide bonds. The first-order valence-corrected chi connectivity index (χ1v) is 9.96. The van der Waals surface area contributed by atoms with E-state index >= 15 is 0 Å². The van der Waals surface area contributed by atoms with Gasteiger partial charge < -0.3 is 15.0 Å². The van der Waals surface area contributed by atoms with Crippen molar-refractivity contribution in [2.45, 2.75) is 45.4 Å². The number of aryl methyl sites for hydroxylation is 1. The van der Waals surface area contributed by atoms with E-state index in [1.807, 2.05) is 0 Å². The van der Waals surface area contributed by atoms with Gasteiger partial charge in [0, 0.05) is 38.2 Å². The summed E-state index contributed by atoms with van der Waals surface area (Å²) in [7, 11) is 0. The smallest absolute Gasteiger partial charge is 0.193 e. The predicted octanol–water partition coefficient (Wildman–Crippen LogP) is 4.10. The molecule has 4 nitrogen and oxygen atoms in total. The third-order valence-electron chi connectivity index (χ3n) is 5.49. The summed E-state index contributed by atoms with van der Waals surface area (Å²) in [6, 6.07) is 10.8. The molecule has 1 aromatic carbocycles. The van der Waals surface area contributed by atoms with E-state index < -0.39 is 0 Å². The Kier molecular flexibility index (Phi) is 9.19. The Hall–Kier alpha value is -0.820. The number of guanidine groups is 1. The van der Waals surface area contributed by atoms with E-state index in [-0.39, 0.29) is 24.0 Å². The highest BCUT2D eigenvalue weighted by molar-refractivity contribution is 14.0. The number of rotatable bonds is 7. The van der Waals surface area contributed by atoms with Crippen molar-refractivity contribution in [3.05, 3.63) is 35.9 Å². The molecule has 1 N–H and O–H groups in total. The van der Waals surface area contributed by atoms with Crippen molar-refractivity contribution in [1.29, 1.82) is 0 Å². The summed E-state index contributed by atoms with van der Waals surface area (Å²) in [5.41, 5.74) is 1.84. The van der Waals surface area contributed by atoms with Crippen molar-refractivity contribution in [2.24, 2.45) is 10.4 Å². The maximum atomic E-state index is 5.65. The van der Waals surface area contributed by atoms with E-state index in [1.54, 1.807) is 0 Å². The van der Waals surface area contributed by atoms with E-state index in [2.05, 4.69) is 47.5 Å². The van der Waals surface area contributed by atoms with Crippen LogP contribution in [0.15, 0.2) is 35.3 Å². The highest BCUT2D eigenvalue weighted by atomic mass is 127. The molecule has 2 fully saturated rings. The van der Waals surface area contributed by atoms with Crippen molar-refractivity contribution >= 4 is 29.9 Å². The Morgan fingerprint density at radius 1 is 1.19 bits per heavy atom. The molecule has 0 aromatic heterocycles. The molecule has 5 heteroatoms. The molecule has 0 radical (unpaired) electrons. The van der Waals surface area contributed by atoms with Gasteiger partial charge in [-0.15, -0.1) is 24.0 Å². The highest BCUT2D eigenvalue weighted by Crippen LogP contribution is 2.38. The van der Waals surface area contributed by atoms with Crippen LogP contribution in [0.3, 0.4) is 0 Å². The third-order valence-corrected chi connectivity index (χ3v) is 5.49. The molecule has 1 unspecified atom stereocenters. The molecular formula is C21H34IN3O. The average Bonchev–Trinajstić information content (AvgIpc) is 3.28. The molecule has 0 aliphatic carbocycles. The Morgan fingerprint density at radius 2 is 2.04 bits per heavy atom. The summed E-state index contributed by atoms with van der Waals surface area (Å²) in [6.45, 7) is 8.10. The standard InChI is InChI=1S/C21H33N3O.HI/c1-2-22-20(24-15-12-21(17-24)13-16-25-18-21)23-14-8-4-7-11-19-9-5-3-6-10-19;/h3,5-6,9-10H,2,4,7-8,11-18H2,1H3,(H,22,23);1H. The summed E-state index contributed by atoms with van der Waals surface area (Å²) in [5, 5.41) is 3.48. The lowest BCUT2D eigenvalue weighted by Gasteiger charge is -2.25. The molecule has 2 aliphatic rings. The molecular weight excluding hydrogens is 437 g/mol. The fourth-order valence-corrected chi connectivity index (χ4v) is 3.96. The zero-order chi connectivity index (χ0) is 17.4. The molecule has 1 spiro atoms. The van der Waals surface area contributed by atoms with Gasteiger partial charge in [0.15, 0.2) is 5.96 Å². The number of likely N-dealkylation sites (tertiary alicyclic amines) is 1. The monoisotopic (exact) mass is 471 g/mol. The minimum absolute atomic E-state index is 0. The lowest BCUT2D eigenvalue weighted by Crippen LogP contribution is -2.41. The number of nitrogens with zero attached hydrogens (tertiary/aromatic N) is 2. The second-order valence-electron chi connectivity index (χ2n) is 7.51. The van der Waals surface area contributed by atoms with Crippen LogP contribution in [-0.2, 0) is 11.2 Å². The largest absolute Gasteiger partial charge is 0.381 e. The maximum Gasteiger partial charge on any atom is 0.193 e. The fourth-order valence-electron chi connectivity index (χ4n) is 3.96. The van der Waals surface area contributed by atoms with Crippen LogP contribution in [0.4, 0.5) is 0 Å². The van der Waals surface area contributed by atoms with E-state index in [1.165, 1.54) is 44.1 Å².